The highest BCUT2D eigenvalue weighted by Gasteiger charge is 2.15. The van der Waals surface area contributed by atoms with Crippen molar-refractivity contribution in [2.45, 2.75) is 13.3 Å². The molecule has 146 valence electrons. The lowest BCUT2D eigenvalue weighted by Gasteiger charge is -2.14. The number of benzene rings is 2. The second kappa shape index (κ2) is 8.45. The number of fused-ring (bicyclic) bond motifs is 1. The highest BCUT2D eigenvalue weighted by Crippen LogP contribution is 2.35. The molecule has 2 heterocycles. The van der Waals surface area contributed by atoms with E-state index in [1.165, 1.54) is 0 Å². The summed E-state index contributed by atoms with van der Waals surface area (Å²) < 4.78 is 5.38. The quantitative estimate of drug-likeness (QED) is 0.437. The summed E-state index contributed by atoms with van der Waals surface area (Å²) in [5.41, 5.74) is 4.46. The molecule has 0 saturated carbocycles. The predicted molar refractivity (Wildman–Crippen MR) is 119 cm³/mol. The molecule has 5 nitrogen and oxygen atoms in total. The van der Waals surface area contributed by atoms with Crippen molar-refractivity contribution in [3.8, 4) is 28.1 Å². The number of pyridine rings is 1. The minimum atomic E-state index is 0.642. The van der Waals surface area contributed by atoms with Crippen LogP contribution >= 0.6 is 11.6 Å². The summed E-state index contributed by atoms with van der Waals surface area (Å²) in [6.07, 6.45) is 2.55. The molecule has 0 aliphatic carbocycles. The smallest absolute Gasteiger partial charge is 0.165 e. The summed E-state index contributed by atoms with van der Waals surface area (Å²) in [5.74, 6) is 1.57. The number of aromatic nitrogens is 3. The average Bonchev–Trinajstić information content (AvgIpc) is 2.77. The van der Waals surface area contributed by atoms with Gasteiger partial charge in [-0.3, -0.25) is 0 Å². The number of ether oxygens (including phenoxy) is 1. The largest absolute Gasteiger partial charge is 0.497 e. The molecule has 0 amide bonds. The number of nitrogens with zero attached hydrogens (tertiary/aromatic N) is 3. The van der Waals surface area contributed by atoms with Crippen LogP contribution in [0.4, 0.5) is 5.82 Å². The molecule has 0 aliphatic rings. The van der Waals surface area contributed by atoms with E-state index in [1.807, 2.05) is 48.5 Å². The second-order valence-electron chi connectivity index (χ2n) is 6.64. The summed E-state index contributed by atoms with van der Waals surface area (Å²) in [6, 6.07) is 17.7. The van der Waals surface area contributed by atoms with E-state index < -0.39 is 0 Å². The highest BCUT2D eigenvalue weighted by molar-refractivity contribution is 6.30. The molecule has 0 aliphatic heterocycles. The molecule has 29 heavy (non-hydrogen) atoms. The minimum Gasteiger partial charge on any atom is -0.497 e. The van der Waals surface area contributed by atoms with Crippen molar-refractivity contribution in [2.24, 2.45) is 0 Å². The van der Waals surface area contributed by atoms with Crippen molar-refractivity contribution in [2.75, 3.05) is 19.0 Å². The van der Waals surface area contributed by atoms with E-state index in [-0.39, 0.29) is 0 Å². The Morgan fingerprint density at radius 2 is 1.83 bits per heavy atom. The zero-order valence-corrected chi connectivity index (χ0v) is 17.1. The Bertz CT molecular complexity index is 1150. The van der Waals surface area contributed by atoms with Crippen molar-refractivity contribution in [1.82, 2.24) is 15.0 Å². The molecule has 0 unspecified atom stereocenters. The number of methoxy groups -OCH3 is 1. The van der Waals surface area contributed by atoms with Crippen LogP contribution in [0, 0.1) is 0 Å². The first-order chi connectivity index (χ1) is 14.2. The van der Waals surface area contributed by atoms with Crippen LogP contribution in [-0.2, 0) is 0 Å². The molecule has 0 saturated heterocycles. The summed E-state index contributed by atoms with van der Waals surface area (Å²) in [7, 11) is 1.66. The molecule has 0 atom stereocenters. The van der Waals surface area contributed by atoms with Gasteiger partial charge in [0.1, 0.15) is 17.9 Å². The van der Waals surface area contributed by atoms with E-state index >= 15 is 0 Å². The van der Waals surface area contributed by atoms with Gasteiger partial charge in [-0.15, -0.1) is 0 Å². The molecule has 6 heteroatoms. The third kappa shape index (κ3) is 4.00. The Labute approximate surface area is 174 Å². The van der Waals surface area contributed by atoms with Gasteiger partial charge in [0.2, 0.25) is 0 Å². The molecule has 2 aromatic carbocycles. The second-order valence-corrected chi connectivity index (χ2v) is 7.08. The van der Waals surface area contributed by atoms with Crippen molar-refractivity contribution < 1.29 is 4.74 Å². The number of hydrogen-bond acceptors (Lipinski definition) is 5. The van der Waals surface area contributed by atoms with Crippen LogP contribution in [0.5, 0.6) is 5.75 Å². The molecular formula is C23H21ClN4O. The van der Waals surface area contributed by atoms with Crippen LogP contribution in [0.15, 0.2) is 60.9 Å². The summed E-state index contributed by atoms with van der Waals surface area (Å²) in [5, 5.41) is 4.99. The van der Waals surface area contributed by atoms with Gasteiger partial charge in [0.05, 0.1) is 18.2 Å². The average molecular weight is 405 g/mol. The van der Waals surface area contributed by atoms with Crippen LogP contribution in [0.3, 0.4) is 0 Å². The third-order valence-corrected chi connectivity index (χ3v) is 4.92. The number of hydrogen-bond donors (Lipinski definition) is 1. The molecule has 4 aromatic rings. The topological polar surface area (TPSA) is 59.9 Å². The normalized spacial score (nSPS) is 10.9. The van der Waals surface area contributed by atoms with Gasteiger partial charge < -0.3 is 10.1 Å². The standard InChI is InChI=1S/C23H21ClN4O/c1-3-11-25-22-21-19(15-7-9-17(24)10-8-15)13-20(28-23(21)27-14-26-22)16-5-4-6-18(12-16)29-2/h4-10,12-14H,3,11H2,1-2H3,(H,25,26,27,28). The maximum absolute atomic E-state index is 6.11. The SMILES string of the molecule is CCCNc1ncnc2nc(-c3cccc(OC)c3)cc(-c3ccc(Cl)cc3)c12. The first kappa shape index (κ1) is 19.2. The van der Waals surface area contributed by atoms with Gasteiger partial charge in [-0.05, 0) is 47.9 Å². The van der Waals surface area contributed by atoms with Gasteiger partial charge in [-0.25, -0.2) is 15.0 Å². The van der Waals surface area contributed by atoms with Crippen LogP contribution in [0.2, 0.25) is 5.02 Å². The number of anilines is 1. The van der Waals surface area contributed by atoms with E-state index in [4.69, 9.17) is 21.3 Å². The first-order valence-corrected chi connectivity index (χ1v) is 9.87. The Morgan fingerprint density at radius 3 is 2.59 bits per heavy atom. The summed E-state index contributed by atoms with van der Waals surface area (Å²) >= 11 is 6.11. The summed E-state index contributed by atoms with van der Waals surface area (Å²) in [6.45, 7) is 2.94. The Kier molecular flexibility index (Phi) is 5.58. The predicted octanol–water partition coefficient (Wildman–Crippen LogP) is 5.84. The van der Waals surface area contributed by atoms with Crippen LogP contribution in [0.1, 0.15) is 13.3 Å². The van der Waals surface area contributed by atoms with Gasteiger partial charge in [-0.2, -0.15) is 0 Å². The molecule has 0 fully saturated rings. The van der Waals surface area contributed by atoms with Crippen LogP contribution < -0.4 is 10.1 Å². The molecule has 0 spiro atoms. The lowest BCUT2D eigenvalue weighted by molar-refractivity contribution is 0.415. The number of halogens is 1. The molecule has 2 aromatic heterocycles. The maximum Gasteiger partial charge on any atom is 0.165 e. The molecular weight excluding hydrogens is 384 g/mol. The minimum absolute atomic E-state index is 0.642. The lowest BCUT2D eigenvalue weighted by Crippen LogP contribution is -2.05. The van der Waals surface area contributed by atoms with E-state index in [9.17, 15) is 0 Å². The monoisotopic (exact) mass is 404 g/mol. The van der Waals surface area contributed by atoms with Crippen molar-refractivity contribution in [3.05, 3.63) is 65.9 Å². The van der Waals surface area contributed by atoms with Crippen molar-refractivity contribution in [3.63, 3.8) is 0 Å². The van der Waals surface area contributed by atoms with Crippen LogP contribution in [-0.4, -0.2) is 28.6 Å². The van der Waals surface area contributed by atoms with Crippen molar-refractivity contribution in [1.29, 1.82) is 0 Å². The highest BCUT2D eigenvalue weighted by atomic mass is 35.5. The van der Waals surface area contributed by atoms with Crippen molar-refractivity contribution >= 4 is 28.5 Å². The fourth-order valence-corrected chi connectivity index (χ4v) is 3.36. The zero-order chi connectivity index (χ0) is 20.2. The Morgan fingerprint density at radius 1 is 1.00 bits per heavy atom. The van der Waals surface area contributed by atoms with E-state index in [0.717, 1.165) is 52.3 Å². The Hall–Kier alpha value is -3.18. The lowest BCUT2D eigenvalue weighted by atomic mass is 9.99. The molecule has 1 N–H and O–H groups in total. The third-order valence-electron chi connectivity index (χ3n) is 4.67. The van der Waals surface area contributed by atoms with Gasteiger partial charge in [0, 0.05) is 17.1 Å². The Balaban J connectivity index is 1.97. The van der Waals surface area contributed by atoms with E-state index in [0.29, 0.717) is 10.7 Å². The zero-order valence-electron chi connectivity index (χ0n) is 16.3. The fraction of sp³-hybridized carbons (Fsp3) is 0.174. The molecule has 0 bridgehead atoms. The fourth-order valence-electron chi connectivity index (χ4n) is 3.23. The molecule has 0 radical (unpaired) electrons. The van der Waals surface area contributed by atoms with E-state index in [2.05, 4.69) is 28.3 Å². The number of nitrogens with one attached hydrogen (secondary N) is 1. The first-order valence-electron chi connectivity index (χ1n) is 9.49. The van der Waals surface area contributed by atoms with Gasteiger partial charge in [0.15, 0.2) is 5.65 Å². The van der Waals surface area contributed by atoms with Gasteiger partial charge >= 0.3 is 0 Å². The van der Waals surface area contributed by atoms with Gasteiger partial charge in [0.25, 0.3) is 0 Å². The number of rotatable bonds is 6. The van der Waals surface area contributed by atoms with Crippen LogP contribution in [0.25, 0.3) is 33.4 Å². The maximum atomic E-state index is 6.11. The van der Waals surface area contributed by atoms with E-state index in [1.54, 1.807) is 13.4 Å². The molecule has 4 rings (SSSR count). The summed E-state index contributed by atoms with van der Waals surface area (Å²) in [4.78, 5) is 13.8. The van der Waals surface area contributed by atoms with Gasteiger partial charge in [-0.1, -0.05) is 42.8 Å².